The van der Waals surface area contributed by atoms with Crippen molar-refractivity contribution in [2.24, 2.45) is 17.8 Å². The summed E-state index contributed by atoms with van der Waals surface area (Å²) in [4.78, 5) is 24.9. The number of carboxylic acids is 1. The van der Waals surface area contributed by atoms with Crippen molar-refractivity contribution in [3.8, 4) is 0 Å². The standard InChI is InChI=1S/C14H24N2O3/c1-9-5-6-16(12(7-9)13(17)18)14(19)15-8-10(2)11-3-4-11/h9-12H,3-8H2,1-2H3,(H,15,19)(H,17,18). The van der Waals surface area contributed by atoms with Crippen molar-refractivity contribution >= 4 is 12.0 Å². The minimum absolute atomic E-state index is 0.216. The maximum absolute atomic E-state index is 12.1. The maximum atomic E-state index is 12.1. The molecule has 1 aliphatic heterocycles. The van der Waals surface area contributed by atoms with Crippen molar-refractivity contribution in [1.82, 2.24) is 10.2 Å². The van der Waals surface area contributed by atoms with Crippen LogP contribution in [0.25, 0.3) is 0 Å². The first-order valence-electron chi connectivity index (χ1n) is 7.26. The molecule has 2 amide bonds. The van der Waals surface area contributed by atoms with Crippen LogP contribution in [0.2, 0.25) is 0 Å². The highest BCUT2D eigenvalue weighted by molar-refractivity contribution is 5.82. The molecule has 5 heteroatoms. The zero-order valence-corrected chi connectivity index (χ0v) is 11.8. The summed E-state index contributed by atoms with van der Waals surface area (Å²) in [6.45, 7) is 5.38. The van der Waals surface area contributed by atoms with Crippen molar-refractivity contribution in [1.29, 1.82) is 0 Å². The monoisotopic (exact) mass is 268 g/mol. The van der Waals surface area contributed by atoms with Gasteiger partial charge >= 0.3 is 12.0 Å². The van der Waals surface area contributed by atoms with Crippen molar-refractivity contribution in [3.63, 3.8) is 0 Å². The first-order valence-corrected chi connectivity index (χ1v) is 7.26. The Balaban J connectivity index is 1.86. The molecule has 2 N–H and O–H groups in total. The average molecular weight is 268 g/mol. The van der Waals surface area contributed by atoms with Gasteiger partial charge in [-0.15, -0.1) is 0 Å². The quantitative estimate of drug-likeness (QED) is 0.818. The first-order chi connectivity index (χ1) is 8.99. The molecule has 1 heterocycles. The number of carbonyl (C=O) groups excluding carboxylic acids is 1. The van der Waals surface area contributed by atoms with Crippen LogP contribution in [-0.2, 0) is 4.79 Å². The first kappa shape index (κ1) is 14.2. The second-order valence-corrected chi connectivity index (χ2v) is 6.18. The van der Waals surface area contributed by atoms with Gasteiger partial charge in [0.2, 0.25) is 0 Å². The van der Waals surface area contributed by atoms with Crippen LogP contribution in [0.15, 0.2) is 0 Å². The summed E-state index contributed by atoms with van der Waals surface area (Å²) >= 11 is 0. The molecule has 0 aromatic heterocycles. The number of carboxylic acid groups (broad SMARTS) is 1. The fourth-order valence-corrected chi connectivity index (χ4v) is 2.80. The number of piperidine rings is 1. The number of hydrogen-bond acceptors (Lipinski definition) is 2. The minimum Gasteiger partial charge on any atom is -0.480 e. The average Bonchev–Trinajstić information content (AvgIpc) is 3.19. The summed E-state index contributed by atoms with van der Waals surface area (Å²) in [6.07, 6.45) is 3.96. The molecule has 108 valence electrons. The third-order valence-electron chi connectivity index (χ3n) is 4.41. The lowest BCUT2D eigenvalue weighted by atomic mass is 9.93. The molecule has 0 bridgehead atoms. The van der Waals surface area contributed by atoms with Crippen LogP contribution >= 0.6 is 0 Å². The van der Waals surface area contributed by atoms with Crippen LogP contribution in [0, 0.1) is 17.8 Å². The summed E-state index contributed by atoms with van der Waals surface area (Å²) in [6, 6.07) is -0.883. The molecule has 0 aromatic rings. The molecule has 2 rings (SSSR count). The second kappa shape index (κ2) is 5.80. The zero-order chi connectivity index (χ0) is 14.0. The van der Waals surface area contributed by atoms with Gasteiger partial charge in [-0.1, -0.05) is 13.8 Å². The van der Waals surface area contributed by atoms with Gasteiger partial charge in [-0.2, -0.15) is 0 Å². The van der Waals surface area contributed by atoms with E-state index in [1.54, 1.807) is 0 Å². The Morgan fingerprint density at radius 2 is 2.05 bits per heavy atom. The lowest BCUT2D eigenvalue weighted by molar-refractivity contribution is -0.143. The number of likely N-dealkylation sites (tertiary alicyclic amines) is 1. The van der Waals surface area contributed by atoms with Gasteiger partial charge in [-0.3, -0.25) is 0 Å². The smallest absolute Gasteiger partial charge is 0.326 e. The van der Waals surface area contributed by atoms with Gasteiger partial charge in [0, 0.05) is 13.1 Å². The van der Waals surface area contributed by atoms with Crippen LogP contribution in [0.5, 0.6) is 0 Å². The summed E-state index contributed by atoms with van der Waals surface area (Å²) in [7, 11) is 0. The normalized spacial score (nSPS) is 28.8. The molecule has 5 nitrogen and oxygen atoms in total. The maximum Gasteiger partial charge on any atom is 0.326 e. The van der Waals surface area contributed by atoms with Crippen LogP contribution < -0.4 is 5.32 Å². The van der Waals surface area contributed by atoms with Crippen molar-refractivity contribution in [2.75, 3.05) is 13.1 Å². The highest BCUT2D eigenvalue weighted by Gasteiger charge is 2.35. The molecule has 2 fully saturated rings. The molecular weight excluding hydrogens is 244 g/mol. The summed E-state index contributed by atoms with van der Waals surface area (Å²) in [5.41, 5.74) is 0. The van der Waals surface area contributed by atoms with Crippen molar-refractivity contribution in [3.05, 3.63) is 0 Å². The van der Waals surface area contributed by atoms with Gasteiger partial charge in [0.25, 0.3) is 0 Å². The molecule has 1 aliphatic carbocycles. The molecule has 3 unspecified atom stereocenters. The Morgan fingerprint density at radius 3 is 2.63 bits per heavy atom. The SMILES string of the molecule is CC1CCN(C(=O)NCC(C)C2CC2)C(C(=O)O)C1. The number of nitrogens with one attached hydrogen (secondary N) is 1. The number of nitrogens with zero attached hydrogens (tertiary/aromatic N) is 1. The topological polar surface area (TPSA) is 69.6 Å². The van der Waals surface area contributed by atoms with Gasteiger partial charge in [0.05, 0.1) is 0 Å². The lowest BCUT2D eigenvalue weighted by Gasteiger charge is -2.36. The lowest BCUT2D eigenvalue weighted by Crippen LogP contribution is -2.53. The fraction of sp³-hybridized carbons (Fsp3) is 0.857. The summed E-state index contributed by atoms with van der Waals surface area (Å²) in [5.74, 6) is 0.723. The Labute approximate surface area is 114 Å². The summed E-state index contributed by atoms with van der Waals surface area (Å²) < 4.78 is 0. The van der Waals surface area contributed by atoms with E-state index in [2.05, 4.69) is 12.2 Å². The molecule has 0 aromatic carbocycles. The van der Waals surface area contributed by atoms with Crippen molar-refractivity contribution in [2.45, 2.75) is 45.6 Å². The van der Waals surface area contributed by atoms with Gasteiger partial charge < -0.3 is 15.3 Å². The summed E-state index contributed by atoms with van der Waals surface area (Å²) in [5, 5.41) is 12.1. The van der Waals surface area contributed by atoms with E-state index in [1.807, 2.05) is 6.92 Å². The van der Waals surface area contributed by atoms with E-state index in [0.29, 0.717) is 31.3 Å². The molecule has 19 heavy (non-hydrogen) atoms. The highest BCUT2D eigenvalue weighted by Crippen LogP contribution is 2.36. The number of rotatable bonds is 4. The van der Waals surface area contributed by atoms with Crippen molar-refractivity contribution < 1.29 is 14.7 Å². The van der Waals surface area contributed by atoms with Gasteiger partial charge in [-0.25, -0.2) is 9.59 Å². The second-order valence-electron chi connectivity index (χ2n) is 6.18. The van der Waals surface area contributed by atoms with Gasteiger partial charge in [-0.05, 0) is 43.4 Å². The Morgan fingerprint density at radius 1 is 1.37 bits per heavy atom. The van der Waals surface area contributed by atoms with E-state index >= 15 is 0 Å². The molecule has 2 aliphatic rings. The number of aliphatic carboxylic acids is 1. The van der Waals surface area contributed by atoms with Gasteiger partial charge in [0.15, 0.2) is 0 Å². The molecule has 1 saturated carbocycles. The highest BCUT2D eigenvalue weighted by atomic mass is 16.4. The van der Waals surface area contributed by atoms with Crippen LogP contribution in [0.4, 0.5) is 4.79 Å². The van der Waals surface area contributed by atoms with E-state index in [-0.39, 0.29) is 6.03 Å². The largest absolute Gasteiger partial charge is 0.480 e. The van der Waals surface area contributed by atoms with Crippen LogP contribution in [-0.4, -0.2) is 41.1 Å². The molecule has 0 spiro atoms. The number of carbonyl (C=O) groups is 2. The van der Waals surface area contributed by atoms with Crippen LogP contribution in [0.1, 0.15) is 39.5 Å². The number of amides is 2. The molecule has 1 saturated heterocycles. The Bertz CT molecular complexity index is 355. The molecule has 3 atom stereocenters. The van der Waals surface area contributed by atoms with E-state index in [9.17, 15) is 14.7 Å². The molecular formula is C14H24N2O3. The third kappa shape index (κ3) is 3.61. The fourth-order valence-electron chi connectivity index (χ4n) is 2.80. The van der Waals surface area contributed by atoms with E-state index in [0.717, 1.165) is 12.3 Å². The predicted molar refractivity (Wildman–Crippen MR) is 71.8 cm³/mol. The third-order valence-corrected chi connectivity index (χ3v) is 4.41. The van der Waals surface area contributed by atoms with Crippen LogP contribution in [0.3, 0.4) is 0 Å². The van der Waals surface area contributed by atoms with E-state index < -0.39 is 12.0 Å². The number of urea groups is 1. The number of hydrogen-bond donors (Lipinski definition) is 2. The van der Waals surface area contributed by atoms with E-state index in [4.69, 9.17) is 0 Å². The zero-order valence-electron chi connectivity index (χ0n) is 11.8. The predicted octanol–water partition coefficient (Wildman–Crippen LogP) is 1.93. The minimum atomic E-state index is -0.892. The Hall–Kier alpha value is -1.26. The Kier molecular flexibility index (Phi) is 4.32. The van der Waals surface area contributed by atoms with Gasteiger partial charge in [0.1, 0.15) is 6.04 Å². The molecule has 0 radical (unpaired) electrons. The van der Waals surface area contributed by atoms with E-state index in [1.165, 1.54) is 17.7 Å².